The van der Waals surface area contributed by atoms with E-state index in [2.05, 4.69) is 17.4 Å². The summed E-state index contributed by atoms with van der Waals surface area (Å²) in [7, 11) is 0. The minimum atomic E-state index is -0.777. The third-order valence-electron chi connectivity index (χ3n) is 7.61. The Balaban J connectivity index is 1.39. The van der Waals surface area contributed by atoms with Gasteiger partial charge in [0.1, 0.15) is 0 Å². The van der Waals surface area contributed by atoms with Crippen LogP contribution >= 0.6 is 11.8 Å². The second-order valence-corrected chi connectivity index (χ2v) is 12.2. The molecule has 3 atom stereocenters. The molecule has 1 aliphatic heterocycles. The summed E-state index contributed by atoms with van der Waals surface area (Å²) in [6.45, 7) is 0.560. The van der Waals surface area contributed by atoms with E-state index in [4.69, 9.17) is 14.6 Å². The van der Waals surface area contributed by atoms with Gasteiger partial charge in [-0.05, 0) is 52.8 Å². The maximum absolute atomic E-state index is 12.3. The first kappa shape index (κ1) is 33.7. The molecule has 0 radical (unpaired) electrons. The molecule has 1 fully saturated rings. The van der Waals surface area contributed by atoms with Gasteiger partial charge < -0.3 is 30.1 Å². The van der Waals surface area contributed by atoms with Crippen molar-refractivity contribution in [1.29, 1.82) is 0 Å². The number of hydrogen-bond acceptors (Lipinski definition) is 7. The molecule has 0 bridgehead atoms. The number of carboxylic acids is 1. The number of rotatable bonds is 17. The van der Waals surface area contributed by atoms with Crippen LogP contribution in [-0.2, 0) is 32.2 Å². The van der Waals surface area contributed by atoms with E-state index >= 15 is 0 Å². The van der Waals surface area contributed by atoms with E-state index in [1.165, 1.54) is 0 Å². The predicted octanol–water partition coefficient (Wildman–Crippen LogP) is 6.16. The van der Waals surface area contributed by atoms with Gasteiger partial charge in [-0.15, -0.1) is 0 Å². The largest absolute Gasteiger partial charge is 0.481 e. The summed E-state index contributed by atoms with van der Waals surface area (Å²) in [4.78, 5) is 22.9. The molecule has 236 valence electrons. The van der Waals surface area contributed by atoms with Crippen LogP contribution in [0.25, 0.3) is 11.1 Å². The Kier molecular flexibility index (Phi) is 13.7. The fourth-order valence-electron chi connectivity index (χ4n) is 5.23. The van der Waals surface area contributed by atoms with Crippen LogP contribution in [0.3, 0.4) is 0 Å². The SMILES string of the molecule is O=C(O)CCCCCCC(=O)NCc1cccc(-c2cccc([C@@H]3O[C@H](CSCCO)C[C@H](c4ccc(CO)cc4)O3)c2)c1. The Morgan fingerprint density at radius 2 is 1.55 bits per heavy atom. The summed E-state index contributed by atoms with van der Waals surface area (Å²) in [5.41, 5.74) is 5.85. The third kappa shape index (κ3) is 10.7. The van der Waals surface area contributed by atoms with E-state index in [1.54, 1.807) is 11.8 Å². The van der Waals surface area contributed by atoms with E-state index in [-0.39, 0.29) is 37.7 Å². The number of benzene rings is 3. The molecule has 0 aromatic heterocycles. The van der Waals surface area contributed by atoms with E-state index in [1.807, 2.05) is 60.7 Å². The van der Waals surface area contributed by atoms with Crippen LogP contribution in [0.1, 0.15) is 79.6 Å². The second kappa shape index (κ2) is 17.9. The average Bonchev–Trinajstić information content (AvgIpc) is 3.05. The lowest BCUT2D eigenvalue weighted by molar-refractivity contribution is -0.245. The second-order valence-electron chi connectivity index (χ2n) is 11.1. The number of carbonyl (C=O) groups excluding carboxylic acids is 1. The van der Waals surface area contributed by atoms with Crippen molar-refractivity contribution in [2.24, 2.45) is 0 Å². The first-order valence-electron chi connectivity index (χ1n) is 15.3. The van der Waals surface area contributed by atoms with Gasteiger partial charge in [-0.3, -0.25) is 9.59 Å². The Hall–Kier alpha value is -3.21. The number of ether oxygens (including phenoxy) is 2. The van der Waals surface area contributed by atoms with Crippen LogP contribution in [0.15, 0.2) is 72.8 Å². The summed E-state index contributed by atoms with van der Waals surface area (Å²) in [6.07, 6.45) is 3.60. The van der Waals surface area contributed by atoms with Crippen molar-refractivity contribution in [1.82, 2.24) is 5.32 Å². The zero-order chi connectivity index (χ0) is 31.1. The molecule has 8 nitrogen and oxygen atoms in total. The Morgan fingerprint density at radius 3 is 2.27 bits per heavy atom. The minimum Gasteiger partial charge on any atom is -0.481 e. The van der Waals surface area contributed by atoms with Crippen molar-refractivity contribution in [2.45, 2.75) is 76.6 Å². The molecule has 4 N–H and O–H groups in total. The number of thioether (sulfide) groups is 1. The number of carbonyl (C=O) groups is 2. The zero-order valence-electron chi connectivity index (χ0n) is 25.0. The Morgan fingerprint density at radius 1 is 0.818 bits per heavy atom. The smallest absolute Gasteiger partial charge is 0.303 e. The maximum atomic E-state index is 12.3. The number of aliphatic hydroxyl groups is 2. The highest BCUT2D eigenvalue weighted by molar-refractivity contribution is 7.99. The summed E-state index contributed by atoms with van der Waals surface area (Å²) in [5.74, 6) is 0.626. The van der Waals surface area contributed by atoms with Crippen LogP contribution in [0.5, 0.6) is 0 Å². The first-order chi connectivity index (χ1) is 21.4. The van der Waals surface area contributed by atoms with Crippen LogP contribution in [0.2, 0.25) is 0 Å². The van der Waals surface area contributed by atoms with E-state index in [0.29, 0.717) is 31.6 Å². The van der Waals surface area contributed by atoms with Crippen LogP contribution in [0, 0.1) is 0 Å². The highest BCUT2D eigenvalue weighted by atomic mass is 32.2. The molecule has 0 unspecified atom stereocenters. The fourth-order valence-corrected chi connectivity index (χ4v) is 6.01. The van der Waals surface area contributed by atoms with Gasteiger partial charge >= 0.3 is 5.97 Å². The third-order valence-corrected chi connectivity index (χ3v) is 8.69. The van der Waals surface area contributed by atoms with E-state index in [9.17, 15) is 19.8 Å². The number of nitrogens with one attached hydrogen (secondary N) is 1. The fraction of sp³-hybridized carbons (Fsp3) is 0.429. The van der Waals surface area contributed by atoms with Crippen molar-refractivity contribution in [2.75, 3.05) is 18.1 Å². The number of carboxylic acid groups (broad SMARTS) is 1. The van der Waals surface area contributed by atoms with E-state index in [0.717, 1.165) is 58.4 Å². The van der Waals surface area contributed by atoms with Crippen molar-refractivity contribution in [3.63, 3.8) is 0 Å². The lowest BCUT2D eigenvalue weighted by Crippen LogP contribution is -2.31. The van der Waals surface area contributed by atoms with E-state index < -0.39 is 12.3 Å². The van der Waals surface area contributed by atoms with Gasteiger partial charge in [0, 0.05) is 42.9 Å². The highest BCUT2D eigenvalue weighted by Gasteiger charge is 2.32. The number of amides is 1. The summed E-state index contributed by atoms with van der Waals surface area (Å²) in [5, 5.41) is 30.4. The Bertz CT molecular complexity index is 1330. The molecule has 4 rings (SSSR count). The molecule has 9 heteroatoms. The molecular formula is C35H43NO7S. The van der Waals surface area contributed by atoms with Crippen LogP contribution < -0.4 is 5.32 Å². The number of hydrogen-bond donors (Lipinski definition) is 4. The molecular weight excluding hydrogens is 578 g/mol. The molecule has 0 saturated carbocycles. The topological polar surface area (TPSA) is 125 Å². The maximum Gasteiger partial charge on any atom is 0.303 e. The molecule has 1 aliphatic rings. The molecule has 0 aliphatic carbocycles. The van der Waals surface area contributed by atoms with Gasteiger partial charge in [0.15, 0.2) is 6.29 Å². The summed E-state index contributed by atoms with van der Waals surface area (Å²) in [6, 6.07) is 24.1. The molecule has 3 aromatic rings. The minimum absolute atomic E-state index is 0.00406. The van der Waals surface area contributed by atoms with Gasteiger partial charge in [0.2, 0.25) is 5.91 Å². The highest BCUT2D eigenvalue weighted by Crippen LogP contribution is 2.39. The van der Waals surface area contributed by atoms with Crippen molar-refractivity contribution < 1.29 is 34.4 Å². The van der Waals surface area contributed by atoms with Gasteiger partial charge in [-0.1, -0.05) is 73.5 Å². The molecule has 3 aromatic carbocycles. The molecule has 0 spiro atoms. The lowest BCUT2D eigenvalue weighted by atomic mass is 9.99. The predicted molar refractivity (Wildman–Crippen MR) is 172 cm³/mol. The monoisotopic (exact) mass is 621 g/mol. The van der Waals surface area contributed by atoms with Crippen molar-refractivity contribution in [3.05, 3.63) is 95.1 Å². The van der Waals surface area contributed by atoms with Gasteiger partial charge in [-0.25, -0.2) is 0 Å². The lowest BCUT2D eigenvalue weighted by Gasteiger charge is -2.36. The number of aliphatic hydroxyl groups excluding tert-OH is 2. The van der Waals surface area contributed by atoms with Crippen LogP contribution in [-0.4, -0.2) is 51.4 Å². The first-order valence-corrected chi connectivity index (χ1v) is 16.5. The van der Waals surface area contributed by atoms with Crippen molar-refractivity contribution in [3.8, 4) is 11.1 Å². The number of unbranched alkanes of at least 4 members (excludes halogenated alkanes) is 3. The average molecular weight is 622 g/mol. The number of aliphatic carboxylic acids is 1. The molecule has 44 heavy (non-hydrogen) atoms. The normalized spacial score (nSPS) is 18.2. The summed E-state index contributed by atoms with van der Waals surface area (Å²) >= 11 is 1.66. The van der Waals surface area contributed by atoms with Crippen molar-refractivity contribution >= 4 is 23.6 Å². The Labute approximate surface area is 263 Å². The summed E-state index contributed by atoms with van der Waals surface area (Å²) < 4.78 is 12.9. The van der Waals surface area contributed by atoms with Crippen LogP contribution in [0.4, 0.5) is 0 Å². The van der Waals surface area contributed by atoms with Gasteiger partial charge in [0.05, 0.1) is 25.4 Å². The van der Waals surface area contributed by atoms with Gasteiger partial charge in [0.25, 0.3) is 0 Å². The molecule has 1 heterocycles. The standard InChI is InChI=1S/C35H43NO7S/c37-17-18-44-24-31-21-32(27-15-13-25(23-38)14-16-27)43-35(42-31)30-10-6-9-29(20-30)28-8-5-7-26(19-28)22-36-33(39)11-3-1-2-4-12-34(40)41/h5-10,13-16,19-20,31-32,35,37-38H,1-4,11-12,17-18,21-24H2,(H,36,39)(H,40,41)/t31-,32+,35+/m0/s1. The molecule has 1 amide bonds. The zero-order valence-corrected chi connectivity index (χ0v) is 25.8. The quantitative estimate of drug-likeness (QED) is 0.132. The molecule has 1 saturated heterocycles. The van der Waals surface area contributed by atoms with Gasteiger partial charge in [-0.2, -0.15) is 11.8 Å².